The van der Waals surface area contributed by atoms with Crippen LogP contribution in [0, 0.1) is 33.1 Å². The summed E-state index contributed by atoms with van der Waals surface area (Å²) in [6, 6.07) is 18.9. The van der Waals surface area contributed by atoms with E-state index >= 15 is 0 Å². The first kappa shape index (κ1) is 47.0. The lowest BCUT2D eigenvalue weighted by molar-refractivity contribution is -0.142. The summed E-state index contributed by atoms with van der Waals surface area (Å²) in [6.45, 7) is 16.1. The number of ether oxygens (including phenoxy) is 2. The number of likely N-dealkylation sites (tertiary alicyclic amines) is 1. The molecule has 3 amide bonds. The number of hydrogen-bond donors (Lipinski definition) is 2. The molecule has 1 fully saturated rings. The van der Waals surface area contributed by atoms with Gasteiger partial charge in [0.15, 0.2) is 5.82 Å². The highest BCUT2D eigenvalue weighted by molar-refractivity contribution is 7.15. The number of aromatic nitrogens is 4. The molecule has 4 atom stereocenters. The molecule has 0 saturated carbocycles. The quantitative estimate of drug-likeness (QED) is 0.114. The number of carbonyl (C=O) groups excluding carboxylic acids is 4. The van der Waals surface area contributed by atoms with Crippen molar-refractivity contribution in [2.24, 2.45) is 10.4 Å². The Bertz CT molecular complexity index is 2890. The van der Waals surface area contributed by atoms with Gasteiger partial charge in [-0.1, -0.05) is 75.4 Å². The van der Waals surface area contributed by atoms with Crippen molar-refractivity contribution in [3.05, 3.63) is 122 Å². The number of rotatable bonds is 12. The zero-order chi connectivity index (χ0) is 47.9. The largest absolute Gasteiger partial charge is 0.496 e. The maximum Gasteiger partial charge on any atom is 0.308 e. The zero-order valence-corrected chi connectivity index (χ0v) is 41.1. The van der Waals surface area contributed by atoms with Gasteiger partial charge in [-0.15, -0.1) is 32.9 Å². The van der Waals surface area contributed by atoms with Crippen LogP contribution in [0.2, 0.25) is 0 Å². The maximum absolute atomic E-state index is 14.4. The summed E-state index contributed by atoms with van der Waals surface area (Å²) in [5.74, 6) is 0.237. The molecule has 0 aliphatic carbocycles. The number of methoxy groups -OCH3 is 2. The minimum absolute atomic E-state index is 0.00834. The second kappa shape index (κ2) is 19.0. The van der Waals surface area contributed by atoms with Gasteiger partial charge in [0.25, 0.3) is 5.91 Å². The Morgan fingerprint density at radius 1 is 0.881 bits per heavy atom. The predicted molar refractivity (Wildman–Crippen MR) is 261 cm³/mol. The number of hydrogen-bond acceptors (Lipinski definition) is 12. The summed E-state index contributed by atoms with van der Waals surface area (Å²) < 4.78 is 12.8. The molecule has 0 radical (unpaired) electrons. The van der Waals surface area contributed by atoms with E-state index in [4.69, 9.17) is 14.5 Å². The molecule has 8 rings (SSSR count). The monoisotopic (exact) mass is 940 g/mol. The molecular weight excluding hydrogens is 885 g/mol. The molecule has 2 N–H and O–H groups in total. The van der Waals surface area contributed by atoms with Gasteiger partial charge in [-0.05, 0) is 92.8 Å². The first-order chi connectivity index (χ1) is 32.0. The van der Waals surface area contributed by atoms with Gasteiger partial charge in [0.1, 0.15) is 34.7 Å². The normalized spacial score (nSPS) is 16.6. The smallest absolute Gasteiger partial charge is 0.308 e. The van der Waals surface area contributed by atoms with Crippen LogP contribution in [0.15, 0.2) is 77.2 Å². The summed E-state index contributed by atoms with van der Waals surface area (Å²) in [6.07, 6.45) is 1.20. The molecule has 0 bridgehead atoms. The van der Waals surface area contributed by atoms with Gasteiger partial charge >= 0.3 is 5.97 Å². The molecule has 3 aromatic heterocycles. The van der Waals surface area contributed by atoms with Crippen molar-refractivity contribution >= 4 is 52.1 Å². The molecule has 67 heavy (non-hydrogen) atoms. The number of carbonyl (C=O) groups is 4. The lowest BCUT2D eigenvalue weighted by Gasteiger charge is -2.35. The minimum atomic E-state index is -0.930. The van der Waals surface area contributed by atoms with E-state index in [1.54, 1.807) is 33.6 Å². The van der Waals surface area contributed by atoms with Crippen LogP contribution in [0.4, 0.5) is 0 Å². The number of aliphatic imine (C=N–C) groups is 1. The van der Waals surface area contributed by atoms with Crippen molar-refractivity contribution in [3.8, 4) is 32.3 Å². The summed E-state index contributed by atoms with van der Waals surface area (Å²) in [7, 11) is 2.87. The molecule has 2 aliphatic rings. The highest BCUT2D eigenvalue weighted by Crippen LogP contribution is 2.40. The van der Waals surface area contributed by atoms with E-state index in [0.29, 0.717) is 36.8 Å². The van der Waals surface area contributed by atoms with Gasteiger partial charge in [-0.25, -0.2) is 4.98 Å². The third-order valence-corrected chi connectivity index (χ3v) is 14.9. The van der Waals surface area contributed by atoms with Crippen LogP contribution >= 0.6 is 22.7 Å². The standard InChI is InChI=1S/C51H56N8O6S2/c1-27-30(4)67-50-42(27)43(54-38(25-41(60)65-10)46-57-56-31(5)59(46)50)34-17-15-33(16-18-34)36-21-22-37(40(24-36)64-9)47(61)55-45(51(6,7)8)49(63)58-23-11-12-39(58)48(62)53-28(2)32-13-19-35(20-14-32)44-29(3)52-26-66-44/h13-22,24,26,28,38-39,45H,11-12,23,25H2,1-10H3,(H,53,62)(H,55,61). The van der Waals surface area contributed by atoms with Crippen molar-refractivity contribution in [1.82, 2.24) is 35.3 Å². The Morgan fingerprint density at radius 2 is 1.57 bits per heavy atom. The summed E-state index contributed by atoms with van der Waals surface area (Å²) in [5, 5.41) is 15.9. The van der Waals surface area contributed by atoms with Gasteiger partial charge < -0.3 is 25.0 Å². The topological polar surface area (TPSA) is 170 Å². The Balaban J connectivity index is 0.988. The molecule has 0 spiro atoms. The number of nitrogens with one attached hydrogen (secondary N) is 2. The number of aryl methyl sites for hydroxylation is 3. The fraction of sp³-hybridized carbons (Fsp3) is 0.373. The third-order valence-electron chi connectivity index (χ3n) is 12.8. The van der Waals surface area contributed by atoms with Crippen molar-refractivity contribution in [2.45, 2.75) is 98.8 Å². The number of fused-ring (bicyclic) bond motifs is 3. The second-order valence-corrected chi connectivity index (χ2v) is 20.3. The van der Waals surface area contributed by atoms with Crippen molar-refractivity contribution < 1.29 is 28.7 Å². The van der Waals surface area contributed by atoms with Crippen LogP contribution in [-0.2, 0) is 19.1 Å². The van der Waals surface area contributed by atoms with E-state index in [-0.39, 0.29) is 29.8 Å². The third kappa shape index (κ3) is 9.29. The molecule has 2 aliphatic heterocycles. The number of nitrogens with zero attached hydrogens (tertiary/aromatic N) is 6. The molecular formula is C51H56N8O6S2. The van der Waals surface area contributed by atoms with Crippen LogP contribution in [0.5, 0.6) is 5.75 Å². The number of esters is 1. The highest BCUT2D eigenvalue weighted by atomic mass is 32.1. The van der Waals surface area contributed by atoms with Crippen LogP contribution < -0.4 is 15.4 Å². The Hall–Kier alpha value is -6.52. The first-order valence-electron chi connectivity index (χ1n) is 22.4. The summed E-state index contributed by atoms with van der Waals surface area (Å²) in [4.78, 5) is 68.5. The van der Waals surface area contributed by atoms with Gasteiger partial charge in [-0.2, -0.15) is 0 Å². The Kier molecular flexibility index (Phi) is 13.3. The molecule has 4 unspecified atom stereocenters. The number of benzene rings is 3. The van der Waals surface area contributed by atoms with Crippen molar-refractivity contribution in [3.63, 3.8) is 0 Å². The average Bonchev–Trinajstić information content (AvgIpc) is 4.11. The lowest BCUT2D eigenvalue weighted by Crippen LogP contribution is -2.57. The lowest BCUT2D eigenvalue weighted by atomic mass is 9.85. The predicted octanol–water partition coefficient (Wildman–Crippen LogP) is 8.83. The minimum Gasteiger partial charge on any atom is -0.496 e. The maximum atomic E-state index is 14.4. The van der Waals surface area contributed by atoms with E-state index in [1.165, 1.54) is 14.2 Å². The molecule has 348 valence electrons. The van der Waals surface area contributed by atoms with Gasteiger partial charge in [-0.3, -0.25) is 28.7 Å². The molecule has 5 heterocycles. The van der Waals surface area contributed by atoms with Crippen LogP contribution in [0.25, 0.3) is 26.6 Å². The van der Waals surface area contributed by atoms with Crippen LogP contribution in [0.3, 0.4) is 0 Å². The summed E-state index contributed by atoms with van der Waals surface area (Å²) >= 11 is 3.23. The summed E-state index contributed by atoms with van der Waals surface area (Å²) in [5.41, 5.74) is 9.77. The fourth-order valence-electron chi connectivity index (χ4n) is 8.87. The highest BCUT2D eigenvalue weighted by Gasteiger charge is 2.42. The Morgan fingerprint density at radius 3 is 2.22 bits per heavy atom. The van der Waals surface area contributed by atoms with Crippen LogP contribution in [-0.4, -0.2) is 86.9 Å². The van der Waals surface area contributed by atoms with E-state index in [2.05, 4.69) is 39.7 Å². The van der Waals surface area contributed by atoms with Crippen LogP contribution in [0.1, 0.15) is 114 Å². The van der Waals surface area contributed by atoms with E-state index in [0.717, 1.165) is 65.1 Å². The molecule has 3 aromatic carbocycles. The molecule has 14 nitrogen and oxygen atoms in total. The van der Waals surface area contributed by atoms with Crippen molar-refractivity contribution in [1.29, 1.82) is 0 Å². The fourth-order valence-corrected chi connectivity index (χ4v) is 10.9. The SMILES string of the molecule is COC(=O)CC1N=C(c2ccc(-c3ccc(C(=O)NC(C(=O)N4CCCC4C(=O)NC(C)c4ccc(-c5scnc5C)cc4)C(C)(C)C)c(OC)c3)cc2)c2c(sc(C)c2C)-n2c(C)nnc21. The van der Waals surface area contributed by atoms with Gasteiger partial charge in [0.2, 0.25) is 11.8 Å². The zero-order valence-electron chi connectivity index (χ0n) is 39.5. The molecule has 6 aromatic rings. The number of thiazole rings is 1. The van der Waals surface area contributed by atoms with Crippen molar-refractivity contribution in [2.75, 3.05) is 20.8 Å². The number of thiophene rings is 1. The van der Waals surface area contributed by atoms with E-state index in [9.17, 15) is 19.2 Å². The molecule has 1 saturated heterocycles. The van der Waals surface area contributed by atoms with Gasteiger partial charge in [0.05, 0.1) is 54.0 Å². The van der Waals surface area contributed by atoms with E-state index < -0.39 is 35.4 Å². The first-order valence-corrected chi connectivity index (χ1v) is 24.1. The van der Waals surface area contributed by atoms with Gasteiger partial charge in [0, 0.05) is 22.5 Å². The Labute approximate surface area is 398 Å². The molecule has 16 heteroatoms. The second-order valence-electron chi connectivity index (χ2n) is 18.3. The van der Waals surface area contributed by atoms with E-state index in [1.807, 2.05) is 112 Å². The average molecular weight is 941 g/mol. The number of amides is 3.